The predicted molar refractivity (Wildman–Crippen MR) is 72.9 cm³/mol. The van der Waals surface area contributed by atoms with E-state index in [9.17, 15) is 9.18 Å². The van der Waals surface area contributed by atoms with E-state index in [0.29, 0.717) is 11.1 Å². The molecule has 2 aromatic heterocycles. The van der Waals surface area contributed by atoms with Crippen LogP contribution in [0.25, 0.3) is 10.9 Å². The van der Waals surface area contributed by atoms with Gasteiger partial charge in [-0.3, -0.25) is 9.48 Å². The van der Waals surface area contributed by atoms with E-state index in [-0.39, 0.29) is 11.2 Å². The summed E-state index contributed by atoms with van der Waals surface area (Å²) in [5.74, 6) is -0.846. The van der Waals surface area contributed by atoms with Crippen molar-refractivity contribution in [3.05, 3.63) is 54.2 Å². The molecule has 3 aromatic rings. The number of amides is 1. The lowest BCUT2D eigenvalue weighted by Gasteiger charge is -2.04. The van der Waals surface area contributed by atoms with Crippen molar-refractivity contribution in [3.63, 3.8) is 0 Å². The number of nitrogens with one attached hydrogen (secondary N) is 1. The van der Waals surface area contributed by atoms with E-state index < -0.39 is 11.7 Å². The van der Waals surface area contributed by atoms with E-state index in [1.54, 1.807) is 42.2 Å². The summed E-state index contributed by atoms with van der Waals surface area (Å²) in [6, 6.07) is 7.90. The van der Waals surface area contributed by atoms with Crippen LogP contribution in [0.1, 0.15) is 10.5 Å². The molecule has 2 heterocycles. The molecule has 3 rings (SSSR count). The number of carbonyl (C=O) groups excluding carboxylic acids is 1. The molecule has 0 radical (unpaired) electrons. The van der Waals surface area contributed by atoms with Crippen LogP contribution < -0.4 is 5.32 Å². The number of anilines is 1. The summed E-state index contributed by atoms with van der Waals surface area (Å²) in [5, 5.41) is 7.26. The van der Waals surface area contributed by atoms with E-state index in [4.69, 9.17) is 0 Å². The highest BCUT2D eigenvalue weighted by atomic mass is 19.1. The van der Waals surface area contributed by atoms with Crippen LogP contribution in [0.2, 0.25) is 0 Å². The molecule has 1 N–H and O–H groups in total. The summed E-state index contributed by atoms with van der Waals surface area (Å²) >= 11 is 0. The van der Waals surface area contributed by atoms with E-state index in [0.717, 1.165) is 0 Å². The Morgan fingerprint density at radius 3 is 2.90 bits per heavy atom. The number of benzene rings is 1. The average molecular weight is 270 g/mol. The van der Waals surface area contributed by atoms with Gasteiger partial charge in [0.2, 0.25) is 0 Å². The molecule has 1 amide bonds. The second-order valence-electron chi connectivity index (χ2n) is 4.36. The van der Waals surface area contributed by atoms with E-state index in [1.165, 1.54) is 12.3 Å². The Morgan fingerprint density at radius 1 is 1.30 bits per heavy atom. The monoisotopic (exact) mass is 270 g/mol. The van der Waals surface area contributed by atoms with Gasteiger partial charge >= 0.3 is 0 Å². The van der Waals surface area contributed by atoms with Gasteiger partial charge in [0.05, 0.1) is 11.9 Å². The molecule has 0 aliphatic heterocycles. The van der Waals surface area contributed by atoms with Gasteiger partial charge in [-0.25, -0.2) is 9.37 Å². The summed E-state index contributed by atoms with van der Waals surface area (Å²) in [6.45, 7) is 0. The van der Waals surface area contributed by atoms with Gasteiger partial charge in [0.1, 0.15) is 17.0 Å². The summed E-state index contributed by atoms with van der Waals surface area (Å²) < 4.78 is 15.2. The molecule has 0 aliphatic carbocycles. The standard InChI is InChI=1S/C14H11FN4O/c1-19-8-10(7-16-19)17-14(20)12-6-5-9-3-2-4-11(15)13(9)18-12/h2-8H,1H3,(H,17,20). The van der Waals surface area contributed by atoms with Crippen molar-refractivity contribution in [1.29, 1.82) is 0 Å². The van der Waals surface area contributed by atoms with Gasteiger partial charge in [0, 0.05) is 18.6 Å². The van der Waals surface area contributed by atoms with Gasteiger partial charge in [-0.15, -0.1) is 0 Å². The van der Waals surface area contributed by atoms with Crippen LogP contribution >= 0.6 is 0 Å². The lowest BCUT2D eigenvalue weighted by Crippen LogP contribution is -2.13. The Kier molecular flexibility index (Phi) is 2.90. The molecule has 0 saturated heterocycles. The third-order valence-electron chi connectivity index (χ3n) is 2.87. The van der Waals surface area contributed by atoms with Crippen molar-refractivity contribution in [2.75, 3.05) is 5.32 Å². The van der Waals surface area contributed by atoms with Crippen LogP contribution in [-0.2, 0) is 7.05 Å². The second kappa shape index (κ2) is 4.73. The van der Waals surface area contributed by atoms with Crippen LogP contribution in [0.5, 0.6) is 0 Å². The highest BCUT2D eigenvalue weighted by molar-refractivity contribution is 6.03. The number of hydrogen-bond donors (Lipinski definition) is 1. The number of para-hydroxylation sites is 1. The zero-order valence-corrected chi connectivity index (χ0v) is 10.7. The first-order valence-corrected chi connectivity index (χ1v) is 5.99. The zero-order valence-electron chi connectivity index (χ0n) is 10.7. The molecule has 6 heteroatoms. The van der Waals surface area contributed by atoms with Crippen molar-refractivity contribution in [2.45, 2.75) is 0 Å². The highest BCUT2D eigenvalue weighted by Gasteiger charge is 2.11. The molecule has 0 atom stereocenters. The first-order valence-electron chi connectivity index (χ1n) is 5.99. The number of fused-ring (bicyclic) bond motifs is 1. The van der Waals surface area contributed by atoms with Crippen molar-refractivity contribution < 1.29 is 9.18 Å². The number of hydrogen-bond acceptors (Lipinski definition) is 3. The van der Waals surface area contributed by atoms with Gasteiger partial charge in [0.25, 0.3) is 5.91 Å². The topological polar surface area (TPSA) is 59.8 Å². The Bertz CT molecular complexity index is 797. The van der Waals surface area contributed by atoms with Crippen LogP contribution in [0.15, 0.2) is 42.7 Å². The maximum absolute atomic E-state index is 13.7. The van der Waals surface area contributed by atoms with Gasteiger partial charge in [0.15, 0.2) is 0 Å². The van der Waals surface area contributed by atoms with Crippen molar-refractivity contribution in [3.8, 4) is 0 Å². The Labute approximate surface area is 114 Å². The number of carbonyl (C=O) groups is 1. The molecule has 100 valence electrons. The minimum Gasteiger partial charge on any atom is -0.318 e. The fourth-order valence-corrected chi connectivity index (χ4v) is 1.92. The SMILES string of the molecule is Cn1cc(NC(=O)c2ccc3cccc(F)c3n2)cn1. The van der Waals surface area contributed by atoms with Crippen LogP contribution in [-0.4, -0.2) is 20.7 Å². The Balaban J connectivity index is 1.93. The molecule has 0 unspecified atom stereocenters. The summed E-state index contributed by atoms with van der Waals surface area (Å²) in [5.41, 5.74) is 0.908. The number of aryl methyl sites for hydroxylation is 1. The number of nitrogens with zero attached hydrogens (tertiary/aromatic N) is 3. The fraction of sp³-hybridized carbons (Fsp3) is 0.0714. The number of rotatable bonds is 2. The quantitative estimate of drug-likeness (QED) is 0.777. The molecule has 0 bridgehead atoms. The first-order chi connectivity index (χ1) is 9.63. The molecule has 0 aliphatic rings. The van der Waals surface area contributed by atoms with Crippen molar-refractivity contribution >= 4 is 22.5 Å². The second-order valence-corrected chi connectivity index (χ2v) is 4.36. The molecular formula is C14H11FN4O. The van der Waals surface area contributed by atoms with E-state index >= 15 is 0 Å². The smallest absolute Gasteiger partial charge is 0.274 e. The largest absolute Gasteiger partial charge is 0.318 e. The lowest BCUT2D eigenvalue weighted by molar-refractivity contribution is 0.102. The minimum atomic E-state index is -0.446. The molecule has 1 aromatic carbocycles. The van der Waals surface area contributed by atoms with Crippen LogP contribution in [0.4, 0.5) is 10.1 Å². The number of halogens is 1. The zero-order chi connectivity index (χ0) is 14.1. The number of pyridine rings is 1. The third-order valence-corrected chi connectivity index (χ3v) is 2.87. The van der Waals surface area contributed by atoms with Gasteiger partial charge in [-0.05, 0) is 12.1 Å². The van der Waals surface area contributed by atoms with Crippen LogP contribution in [0, 0.1) is 5.82 Å². The molecule has 0 saturated carbocycles. The minimum absolute atomic E-state index is 0.159. The summed E-state index contributed by atoms with van der Waals surface area (Å²) in [7, 11) is 1.75. The maximum Gasteiger partial charge on any atom is 0.274 e. The molecule has 0 spiro atoms. The van der Waals surface area contributed by atoms with Crippen molar-refractivity contribution in [2.24, 2.45) is 7.05 Å². The first kappa shape index (κ1) is 12.3. The van der Waals surface area contributed by atoms with E-state index in [2.05, 4.69) is 15.4 Å². The van der Waals surface area contributed by atoms with Crippen molar-refractivity contribution in [1.82, 2.24) is 14.8 Å². The fourth-order valence-electron chi connectivity index (χ4n) is 1.92. The normalized spacial score (nSPS) is 10.7. The molecule has 5 nitrogen and oxygen atoms in total. The summed E-state index contributed by atoms with van der Waals surface area (Å²) in [6.07, 6.45) is 3.19. The predicted octanol–water partition coefficient (Wildman–Crippen LogP) is 2.36. The average Bonchev–Trinajstić information content (AvgIpc) is 2.84. The van der Waals surface area contributed by atoms with Gasteiger partial charge < -0.3 is 5.32 Å². The third kappa shape index (κ3) is 2.23. The Hall–Kier alpha value is -2.76. The summed E-state index contributed by atoms with van der Waals surface area (Å²) in [4.78, 5) is 16.1. The molecule has 20 heavy (non-hydrogen) atoms. The van der Waals surface area contributed by atoms with Gasteiger partial charge in [-0.2, -0.15) is 5.10 Å². The number of aromatic nitrogens is 3. The Morgan fingerprint density at radius 2 is 2.15 bits per heavy atom. The molecule has 0 fully saturated rings. The van der Waals surface area contributed by atoms with Gasteiger partial charge in [-0.1, -0.05) is 18.2 Å². The molecular weight excluding hydrogens is 259 g/mol. The maximum atomic E-state index is 13.7. The van der Waals surface area contributed by atoms with E-state index in [1.807, 2.05) is 0 Å². The lowest BCUT2D eigenvalue weighted by atomic mass is 10.2. The highest BCUT2D eigenvalue weighted by Crippen LogP contribution is 2.16. The van der Waals surface area contributed by atoms with Crippen LogP contribution in [0.3, 0.4) is 0 Å².